The van der Waals surface area contributed by atoms with E-state index in [9.17, 15) is 19.8 Å². The molecule has 0 saturated carbocycles. The molecule has 1 rings (SSSR count). The van der Waals surface area contributed by atoms with E-state index in [1.54, 1.807) is 0 Å². The van der Waals surface area contributed by atoms with Gasteiger partial charge in [-0.2, -0.15) is 0 Å². The Kier molecular flexibility index (Phi) is 68.8. The number of hydrogen-bond donors (Lipinski definition) is 0. The second-order valence-electron chi connectivity index (χ2n) is 29.8. The number of carboxylic acids is 2. The summed E-state index contributed by atoms with van der Waals surface area (Å²) < 4.78 is 0. The van der Waals surface area contributed by atoms with Gasteiger partial charge in [-0.3, -0.25) is 0 Å². The minimum atomic E-state index is -1.15. The van der Waals surface area contributed by atoms with E-state index in [-0.39, 0.29) is 12.8 Å². The van der Waals surface area contributed by atoms with Crippen molar-refractivity contribution in [2.75, 3.05) is 39.3 Å². The molecule has 6 nitrogen and oxygen atoms in total. The number of carboxylic acid groups (broad SMARTS) is 2. The topological polar surface area (TPSA) is 86.7 Å². The molecule has 1 aromatic carbocycles. The van der Waals surface area contributed by atoms with E-state index in [4.69, 9.17) is 0 Å². The first-order chi connectivity index (χ1) is 45.4. The Morgan fingerprint density at radius 3 is 0.620 bits per heavy atom. The maximum absolute atomic E-state index is 12.6. The molecule has 0 radical (unpaired) electrons. The summed E-state index contributed by atoms with van der Waals surface area (Å²) >= 11 is 0. The van der Waals surface area contributed by atoms with Crippen molar-refractivity contribution in [1.29, 1.82) is 0 Å². The molecule has 0 saturated heterocycles. The zero-order chi connectivity index (χ0) is 66.4. The van der Waals surface area contributed by atoms with Gasteiger partial charge in [-0.1, -0.05) is 425 Å². The van der Waals surface area contributed by atoms with Crippen LogP contribution in [0.2, 0.25) is 0 Å². The fraction of sp³-hybridized carbons (Fsp3) is 0.907. The zero-order valence-corrected chi connectivity index (χ0v) is 63.0. The van der Waals surface area contributed by atoms with Gasteiger partial charge in [-0.05, 0) is 87.0 Å². The second kappa shape index (κ2) is 71.8. The second-order valence-corrected chi connectivity index (χ2v) is 29.8. The smallest absolute Gasteiger partial charge is 0.0458 e. The highest BCUT2D eigenvalue weighted by Gasteiger charge is 2.18. The molecule has 0 spiro atoms. The summed E-state index contributed by atoms with van der Waals surface area (Å²) in [6, 6.07) is 4.07. The SMILES string of the molecule is CCCCCCCCCCCCCCCCCCN(CCCCCCCCCCCCCCCCCC)CCc1ccc(CC(=O)[O-])c(CC(=O)[O-])c1CCN(CCCCCCCCCCCCCCCCCC)CCCCCCCCCCCCCCCCCC. The number of unbranched alkanes of at least 4 members (excludes halogenated alkanes) is 60. The van der Waals surface area contributed by atoms with Gasteiger partial charge in [0.2, 0.25) is 0 Å². The minimum Gasteiger partial charge on any atom is -0.550 e. The van der Waals surface area contributed by atoms with Crippen molar-refractivity contribution in [2.45, 2.75) is 464 Å². The van der Waals surface area contributed by atoms with Crippen LogP contribution in [0.1, 0.15) is 461 Å². The van der Waals surface area contributed by atoms with Crippen LogP contribution in [-0.4, -0.2) is 61.0 Å². The standard InChI is InChI=1S/C86H164N2O4/c1-5-9-13-17-21-25-29-33-37-41-45-49-53-57-61-65-73-87(74-66-62-58-54-50-46-42-38-34-30-26-22-18-14-10-6-2)77-71-81-69-70-82(79-85(89)90)84(80-86(91)92)83(81)72-78-88(75-67-63-59-55-51-47-43-39-35-31-27-23-19-15-11-7-3)76-68-64-60-56-52-48-44-40-36-32-28-24-20-16-12-8-4/h69-70H,5-68,71-80H2,1-4H3,(H,89,90)(H,91,92)/p-2. The van der Waals surface area contributed by atoms with Crippen molar-refractivity contribution >= 4 is 11.9 Å². The molecule has 0 N–H and O–H groups in total. The summed E-state index contributed by atoms with van der Waals surface area (Å²) in [5, 5.41) is 24.8. The van der Waals surface area contributed by atoms with Crippen LogP contribution in [0.15, 0.2) is 12.1 Å². The Morgan fingerprint density at radius 1 is 0.228 bits per heavy atom. The normalized spacial score (nSPS) is 11.8. The van der Waals surface area contributed by atoms with Crippen molar-refractivity contribution in [2.24, 2.45) is 0 Å². The Hall–Kier alpha value is -1.92. The van der Waals surface area contributed by atoms with E-state index in [1.165, 1.54) is 416 Å². The Morgan fingerprint density at radius 2 is 0.413 bits per heavy atom. The van der Waals surface area contributed by atoms with E-state index in [0.29, 0.717) is 11.1 Å². The monoisotopic (exact) mass is 1290 g/mol. The van der Waals surface area contributed by atoms with Crippen LogP contribution in [0.4, 0.5) is 0 Å². The molecule has 542 valence electrons. The van der Waals surface area contributed by atoms with Crippen molar-refractivity contribution in [3.63, 3.8) is 0 Å². The maximum atomic E-state index is 12.6. The quantitative estimate of drug-likeness (QED) is 0.0604. The van der Waals surface area contributed by atoms with Gasteiger partial charge in [0, 0.05) is 37.9 Å². The Bertz CT molecular complexity index is 1590. The molecule has 0 aliphatic carbocycles. The van der Waals surface area contributed by atoms with Crippen molar-refractivity contribution in [3.8, 4) is 0 Å². The van der Waals surface area contributed by atoms with E-state index < -0.39 is 11.9 Å². The van der Waals surface area contributed by atoms with Crippen LogP contribution in [0.5, 0.6) is 0 Å². The third kappa shape index (κ3) is 60.5. The average molecular weight is 1290 g/mol. The zero-order valence-electron chi connectivity index (χ0n) is 63.0. The van der Waals surface area contributed by atoms with E-state index in [2.05, 4.69) is 43.6 Å². The van der Waals surface area contributed by atoms with Gasteiger partial charge in [-0.15, -0.1) is 0 Å². The maximum Gasteiger partial charge on any atom is 0.0458 e. The Balaban J connectivity index is 3.02. The summed E-state index contributed by atoms with van der Waals surface area (Å²) in [6.07, 6.45) is 89.2. The average Bonchev–Trinajstić information content (AvgIpc) is 0.862. The van der Waals surface area contributed by atoms with Crippen molar-refractivity contribution in [1.82, 2.24) is 9.80 Å². The number of carbonyl (C=O) groups excluding carboxylic acids is 2. The third-order valence-electron chi connectivity index (χ3n) is 21.0. The van der Waals surface area contributed by atoms with Crippen LogP contribution in [0.3, 0.4) is 0 Å². The summed E-state index contributed by atoms with van der Waals surface area (Å²) in [5.41, 5.74) is 3.55. The first kappa shape index (κ1) is 88.1. The molecule has 0 fully saturated rings. The number of aliphatic carboxylic acids is 2. The fourth-order valence-corrected chi connectivity index (χ4v) is 14.8. The van der Waals surface area contributed by atoms with E-state index in [0.717, 1.165) is 57.7 Å². The van der Waals surface area contributed by atoms with Gasteiger partial charge in [0.05, 0.1) is 0 Å². The summed E-state index contributed by atoms with van der Waals surface area (Å²) in [5.74, 6) is -2.28. The Labute approximate surface area is 576 Å². The number of hydrogen-bond acceptors (Lipinski definition) is 6. The predicted molar refractivity (Wildman–Crippen MR) is 402 cm³/mol. The summed E-state index contributed by atoms with van der Waals surface area (Å²) in [6.45, 7) is 15.4. The highest BCUT2D eigenvalue weighted by Crippen LogP contribution is 2.26. The van der Waals surface area contributed by atoms with Gasteiger partial charge in [-0.25, -0.2) is 0 Å². The van der Waals surface area contributed by atoms with Gasteiger partial charge < -0.3 is 29.6 Å². The fourth-order valence-electron chi connectivity index (χ4n) is 14.8. The third-order valence-corrected chi connectivity index (χ3v) is 21.0. The van der Waals surface area contributed by atoms with E-state index in [1.807, 2.05) is 6.07 Å². The van der Waals surface area contributed by atoms with E-state index >= 15 is 0 Å². The summed E-state index contributed by atoms with van der Waals surface area (Å²) in [4.78, 5) is 30.2. The largest absolute Gasteiger partial charge is 0.550 e. The van der Waals surface area contributed by atoms with Gasteiger partial charge in [0.1, 0.15) is 0 Å². The minimum absolute atomic E-state index is 0.244. The van der Waals surface area contributed by atoms with Gasteiger partial charge >= 0.3 is 0 Å². The highest BCUT2D eigenvalue weighted by molar-refractivity contribution is 5.73. The van der Waals surface area contributed by atoms with Crippen molar-refractivity contribution < 1.29 is 19.8 Å². The predicted octanol–water partition coefficient (Wildman–Crippen LogP) is 25.0. The summed E-state index contributed by atoms with van der Waals surface area (Å²) in [7, 11) is 0. The molecule has 0 unspecified atom stereocenters. The van der Waals surface area contributed by atoms with Gasteiger partial charge in [0.15, 0.2) is 0 Å². The van der Waals surface area contributed by atoms with Crippen LogP contribution in [0.25, 0.3) is 0 Å². The molecule has 0 atom stereocenters. The highest BCUT2D eigenvalue weighted by atomic mass is 16.4. The van der Waals surface area contributed by atoms with Crippen LogP contribution >= 0.6 is 0 Å². The molecule has 0 aromatic heterocycles. The molecular weight excluding hydrogens is 1120 g/mol. The lowest BCUT2D eigenvalue weighted by Crippen LogP contribution is -2.32. The molecule has 6 heteroatoms. The first-order valence-electron chi connectivity index (χ1n) is 42.3. The molecule has 0 aliphatic rings. The lowest BCUT2D eigenvalue weighted by atomic mass is 9.88. The molecule has 0 bridgehead atoms. The lowest BCUT2D eigenvalue weighted by Gasteiger charge is -2.27. The molecular formula is C86H162N2O4-2. The molecule has 1 aromatic rings. The number of carbonyl (C=O) groups is 2. The van der Waals surface area contributed by atoms with Crippen LogP contribution in [-0.2, 0) is 35.3 Å². The lowest BCUT2D eigenvalue weighted by molar-refractivity contribution is -0.306. The molecule has 0 heterocycles. The number of rotatable bonds is 78. The number of nitrogens with zero attached hydrogens (tertiary/aromatic N) is 2. The van der Waals surface area contributed by atoms with Crippen molar-refractivity contribution in [3.05, 3.63) is 34.4 Å². The first-order valence-corrected chi connectivity index (χ1v) is 42.3. The molecule has 92 heavy (non-hydrogen) atoms. The molecule has 0 aliphatic heterocycles. The van der Waals surface area contributed by atoms with Crippen LogP contribution < -0.4 is 10.2 Å². The number of benzene rings is 1. The van der Waals surface area contributed by atoms with Crippen LogP contribution in [0, 0.1) is 0 Å². The van der Waals surface area contributed by atoms with Gasteiger partial charge in [0.25, 0.3) is 0 Å². The molecule has 0 amide bonds.